The summed E-state index contributed by atoms with van der Waals surface area (Å²) in [6, 6.07) is 4.70. The molecule has 19 heavy (non-hydrogen) atoms. The normalized spacial score (nSPS) is 15.9. The van der Waals surface area contributed by atoms with Gasteiger partial charge in [-0.15, -0.1) is 0 Å². The zero-order chi connectivity index (χ0) is 14.2. The number of hydrogen-bond donors (Lipinski definition) is 1. The number of carboxylic acids is 1. The van der Waals surface area contributed by atoms with Gasteiger partial charge in [-0.25, -0.2) is 4.79 Å². The van der Waals surface area contributed by atoms with Crippen molar-refractivity contribution in [2.45, 2.75) is 6.92 Å². The Bertz CT molecular complexity index is 568. The van der Waals surface area contributed by atoms with Crippen molar-refractivity contribution in [3.8, 4) is 0 Å². The molecule has 1 N–H and O–H groups in total. The van der Waals surface area contributed by atoms with Gasteiger partial charge in [0.05, 0.1) is 12.1 Å². The van der Waals surface area contributed by atoms with Gasteiger partial charge in [0.15, 0.2) is 0 Å². The van der Waals surface area contributed by atoms with Gasteiger partial charge in [-0.2, -0.15) is 0 Å². The molecular weight excluding hydrogens is 248 g/mol. The van der Waals surface area contributed by atoms with Crippen LogP contribution in [0.25, 0.3) is 0 Å². The molecule has 100 valence electrons. The molecule has 0 saturated carbocycles. The highest BCUT2D eigenvalue weighted by Gasteiger charge is 2.30. The Morgan fingerprint density at radius 3 is 2.53 bits per heavy atom. The van der Waals surface area contributed by atoms with Crippen molar-refractivity contribution in [2.75, 3.05) is 25.0 Å². The number of hydrogen-bond acceptors (Lipinski definition) is 3. The topological polar surface area (TPSA) is 77.9 Å². The molecule has 0 atom stereocenters. The number of carboxylic acid groups (broad SMARTS) is 1. The quantitative estimate of drug-likeness (QED) is 0.841. The number of aromatic carboxylic acids is 1. The number of carbonyl (C=O) groups excluding carboxylic acids is 2. The molecule has 0 radical (unpaired) electrons. The van der Waals surface area contributed by atoms with Gasteiger partial charge in [0.1, 0.15) is 6.54 Å². The zero-order valence-corrected chi connectivity index (χ0v) is 10.7. The fourth-order valence-corrected chi connectivity index (χ4v) is 2.09. The summed E-state index contributed by atoms with van der Waals surface area (Å²) in [7, 11) is 1.57. The second kappa shape index (κ2) is 4.72. The van der Waals surface area contributed by atoms with Crippen LogP contribution in [0.5, 0.6) is 0 Å². The summed E-state index contributed by atoms with van der Waals surface area (Å²) in [5.41, 5.74) is 1.10. The summed E-state index contributed by atoms with van der Waals surface area (Å²) in [6.07, 6.45) is 0. The maximum Gasteiger partial charge on any atom is 0.336 e. The van der Waals surface area contributed by atoms with Gasteiger partial charge in [0, 0.05) is 12.7 Å². The van der Waals surface area contributed by atoms with Crippen molar-refractivity contribution < 1.29 is 19.5 Å². The monoisotopic (exact) mass is 262 g/mol. The van der Waals surface area contributed by atoms with Gasteiger partial charge in [-0.3, -0.25) is 9.59 Å². The molecule has 1 saturated heterocycles. The minimum atomic E-state index is -1.05. The van der Waals surface area contributed by atoms with Crippen LogP contribution in [0.15, 0.2) is 18.2 Å². The summed E-state index contributed by atoms with van der Waals surface area (Å²) >= 11 is 0. The molecule has 1 heterocycles. The van der Waals surface area contributed by atoms with Crippen LogP contribution < -0.4 is 4.90 Å². The zero-order valence-electron chi connectivity index (χ0n) is 10.7. The molecule has 1 aliphatic heterocycles. The molecule has 1 aromatic rings. The van der Waals surface area contributed by atoms with Crippen molar-refractivity contribution in [3.63, 3.8) is 0 Å². The van der Waals surface area contributed by atoms with Crippen molar-refractivity contribution in [2.24, 2.45) is 0 Å². The first-order valence-electron chi connectivity index (χ1n) is 5.79. The van der Waals surface area contributed by atoms with Crippen molar-refractivity contribution in [3.05, 3.63) is 29.3 Å². The van der Waals surface area contributed by atoms with E-state index in [0.717, 1.165) is 0 Å². The summed E-state index contributed by atoms with van der Waals surface area (Å²) in [5.74, 6) is -1.43. The van der Waals surface area contributed by atoms with E-state index in [4.69, 9.17) is 5.11 Å². The molecule has 2 rings (SSSR count). The number of piperazine rings is 1. The molecule has 0 aromatic heterocycles. The van der Waals surface area contributed by atoms with Gasteiger partial charge in [-0.05, 0) is 24.6 Å². The Morgan fingerprint density at radius 1 is 1.21 bits per heavy atom. The molecule has 1 fully saturated rings. The molecule has 2 amide bonds. The van der Waals surface area contributed by atoms with Crippen molar-refractivity contribution >= 4 is 23.5 Å². The Balaban J connectivity index is 2.42. The number of nitrogens with zero attached hydrogens (tertiary/aromatic N) is 2. The van der Waals surface area contributed by atoms with E-state index in [2.05, 4.69) is 0 Å². The number of anilines is 1. The van der Waals surface area contributed by atoms with Crippen molar-refractivity contribution in [1.82, 2.24) is 4.90 Å². The highest BCUT2D eigenvalue weighted by atomic mass is 16.4. The molecule has 0 spiro atoms. The van der Waals surface area contributed by atoms with E-state index in [1.54, 1.807) is 26.1 Å². The lowest BCUT2D eigenvalue weighted by Gasteiger charge is -2.32. The van der Waals surface area contributed by atoms with Crippen LogP contribution in [0.4, 0.5) is 5.69 Å². The Labute approximate surface area is 110 Å². The number of rotatable bonds is 2. The Hall–Kier alpha value is -2.37. The van der Waals surface area contributed by atoms with Crippen LogP contribution >= 0.6 is 0 Å². The van der Waals surface area contributed by atoms with Gasteiger partial charge in [0.25, 0.3) is 0 Å². The van der Waals surface area contributed by atoms with Gasteiger partial charge >= 0.3 is 5.97 Å². The summed E-state index contributed by atoms with van der Waals surface area (Å²) in [5, 5.41) is 9.07. The summed E-state index contributed by atoms with van der Waals surface area (Å²) < 4.78 is 0. The van der Waals surface area contributed by atoms with Crippen LogP contribution in [-0.4, -0.2) is 47.9 Å². The lowest BCUT2D eigenvalue weighted by molar-refractivity contribution is -0.136. The molecule has 1 aromatic carbocycles. The molecule has 0 unspecified atom stereocenters. The van der Waals surface area contributed by atoms with Gasteiger partial charge in [0.2, 0.25) is 11.8 Å². The number of likely N-dealkylation sites (N-methyl/N-ethyl adjacent to an activating group) is 1. The number of amides is 2. The fourth-order valence-electron chi connectivity index (χ4n) is 2.09. The van der Waals surface area contributed by atoms with Crippen LogP contribution in [0.1, 0.15) is 15.9 Å². The number of carbonyl (C=O) groups is 3. The first-order chi connectivity index (χ1) is 8.91. The van der Waals surface area contributed by atoms with Crippen LogP contribution in [0.3, 0.4) is 0 Å². The third-order valence-electron chi connectivity index (χ3n) is 3.22. The summed E-state index contributed by atoms with van der Waals surface area (Å²) in [6.45, 7) is 1.59. The maximum atomic E-state index is 12.0. The van der Waals surface area contributed by atoms with Crippen molar-refractivity contribution in [1.29, 1.82) is 0 Å². The average Bonchev–Trinajstić information content (AvgIpc) is 2.34. The molecule has 6 heteroatoms. The van der Waals surface area contributed by atoms with Crippen LogP contribution in [-0.2, 0) is 9.59 Å². The Morgan fingerprint density at radius 2 is 1.89 bits per heavy atom. The second-order valence-electron chi connectivity index (χ2n) is 4.48. The van der Waals surface area contributed by atoms with Gasteiger partial charge in [-0.1, -0.05) is 6.07 Å². The van der Waals surface area contributed by atoms with E-state index in [1.807, 2.05) is 0 Å². The fraction of sp³-hybridized carbons (Fsp3) is 0.308. The van der Waals surface area contributed by atoms with E-state index in [1.165, 1.54) is 15.9 Å². The Kier molecular flexibility index (Phi) is 3.25. The molecule has 6 nitrogen and oxygen atoms in total. The third kappa shape index (κ3) is 2.29. The lowest BCUT2D eigenvalue weighted by atomic mass is 10.1. The molecular formula is C13H14N2O4. The smallest absolute Gasteiger partial charge is 0.336 e. The first-order valence-corrected chi connectivity index (χ1v) is 5.79. The second-order valence-corrected chi connectivity index (χ2v) is 4.48. The minimum absolute atomic E-state index is 0.00950. The maximum absolute atomic E-state index is 12.0. The molecule has 0 bridgehead atoms. The number of benzene rings is 1. The molecule has 1 aliphatic rings. The van der Waals surface area contributed by atoms with Gasteiger partial charge < -0.3 is 14.9 Å². The highest BCUT2D eigenvalue weighted by molar-refractivity contribution is 6.05. The average molecular weight is 262 g/mol. The van der Waals surface area contributed by atoms with E-state index in [9.17, 15) is 14.4 Å². The standard InChI is InChI=1S/C13H14N2O4/c1-8-9(13(18)19)4-3-5-10(8)15-7-11(16)14(2)6-12(15)17/h3-5H,6-7H2,1-2H3,(H,18,19). The van der Waals surface area contributed by atoms with Crippen LogP contribution in [0.2, 0.25) is 0 Å². The van der Waals surface area contributed by atoms with E-state index < -0.39 is 5.97 Å². The minimum Gasteiger partial charge on any atom is -0.478 e. The predicted octanol–water partition coefficient (Wildman–Crippen LogP) is 0.498. The highest BCUT2D eigenvalue weighted by Crippen LogP contribution is 2.25. The van der Waals surface area contributed by atoms with E-state index in [0.29, 0.717) is 11.3 Å². The first kappa shape index (κ1) is 13.1. The van der Waals surface area contributed by atoms with E-state index >= 15 is 0 Å². The lowest BCUT2D eigenvalue weighted by Crippen LogP contribution is -2.52. The van der Waals surface area contributed by atoms with Crippen LogP contribution in [0, 0.1) is 6.92 Å². The third-order valence-corrected chi connectivity index (χ3v) is 3.22. The predicted molar refractivity (Wildman–Crippen MR) is 68.1 cm³/mol. The largest absolute Gasteiger partial charge is 0.478 e. The molecule has 0 aliphatic carbocycles. The SMILES string of the molecule is Cc1c(C(=O)O)cccc1N1CC(=O)N(C)CC1=O. The van der Waals surface area contributed by atoms with E-state index in [-0.39, 0.29) is 30.5 Å². The summed E-state index contributed by atoms with van der Waals surface area (Å²) in [4.78, 5) is 37.4.